The number of carbonyl (C=O) groups excluding carboxylic acids is 1. The number of fused-ring (bicyclic) bond motifs is 1. The lowest BCUT2D eigenvalue weighted by Crippen LogP contribution is -2.46. The van der Waals surface area contributed by atoms with Crippen LogP contribution in [0, 0.1) is 0 Å². The van der Waals surface area contributed by atoms with Gasteiger partial charge in [-0.1, -0.05) is 42.5 Å². The van der Waals surface area contributed by atoms with Crippen LogP contribution in [0.5, 0.6) is 5.75 Å². The fourth-order valence-electron chi connectivity index (χ4n) is 4.39. The second-order valence-electron chi connectivity index (χ2n) is 8.51. The molecule has 0 bridgehead atoms. The van der Waals surface area contributed by atoms with Crippen LogP contribution in [-0.2, 0) is 18.4 Å². The van der Waals surface area contributed by atoms with Gasteiger partial charge in [-0.2, -0.15) is 0 Å². The quantitative estimate of drug-likeness (QED) is 0.458. The first-order valence-electron chi connectivity index (χ1n) is 11.6. The van der Waals surface area contributed by atoms with E-state index in [1.807, 2.05) is 54.6 Å². The highest BCUT2D eigenvalue weighted by molar-refractivity contribution is 5.95. The Bertz CT molecular complexity index is 1260. The van der Waals surface area contributed by atoms with E-state index in [9.17, 15) is 4.79 Å². The fraction of sp³-hybridized carbons (Fsp3) is 0.259. The molecule has 2 heterocycles. The van der Waals surface area contributed by atoms with E-state index in [-0.39, 0.29) is 12.5 Å². The first kappa shape index (κ1) is 22.0. The van der Waals surface area contributed by atoms with Gasteiger partial charge >= 0.3 is 0 Å². The number of ether oxygens (including phenoxy) is 1. The van der Waals surface area contributed by atoms with Crippen LogP contribution in [0.1, 0.15) is 5.82 Å². The number of nitrogens with one attached hydrogen (secondary N) is 1. The Morgan fingerprint density at radius 2 is 1.62 bits per heavy atom. The summed E-state index contributed by atoms with van der Waals surface area (Å²) in [5, 5.41) is 3.02. The molecule has 174 valence electrons. The average Bonchev–Trinajstić information content (AvgIpc) is 3.19. The van der Waals surface area contributed by atoms with Crippen molar-refractivity contribution in [3.63, 3.8) is 0 Å². The smallest absolute Gasteiger partial charge is 0.262 e. The highest BCUT2D eigenvalue weighted by atomic mass is 16.5. The Morgan fingerprint density at radius 3 is 2.41 bits per heavy atom. The maximum absolute atomic E-state index is 12.5. The van der Waals surface area contributed by atoms with E-state index >= 15 is 0 Å². The summed E-state index contributed by atoms with van der Waals surface area (Å²) < 4.78 is 7.77. The lowest BCUT2D eigenvalue weighted by molar-refractivity contribution is -0.118. The minimum absolute atomic E-state index is 0.0237. The molecule has 0 atom stereocenters. The number of aryl methyl sites for hydroxylation is 1. The van der Waals surface area contributed by atoms with Gasteiger partial charge in [-0.3, -0.25) is 9.69 Å². The van der Waals surface area contributed by atoms with Crippen LogP contribution in [0.2, 0.25) is 0 Å². The number of piperazine rings is 1. The van der Waals surface area contributed by atoms with Gasteiger partial charge in [-0.15, -0.1) is 0 Å². The van der Waals surface area contributed by atoms with Gasteiger partial charge < -0.3 is 19.5 Å². The molecule has 1 N–H and O–H groups in total. The van der Waals surface area contributed by atoms with Crippen molar-refractivity contribution in [3.8, 4) is 5.75 Å². The van der Waals surface area contributed by atoms with E-state index in [1.165, 1.54) is 0 Å². The topological polar surface area (TPSA) is 62.6 Å². The average molecular weight is 456 g/mol. The molecule has 34 heavy (non-hydrogen) atoms. The van der Waals surface area contributed by atoms with Crippen molar-refractivity contribution in [3.05, 3.63) is 84.7 Å². The molecule has 3 aromatic carbocycles. The van der Waals surface area contributed by atoms with Crippen molar-refractivity contribution in [1.82, 2.24) is 14.5 Å². The number of amides is 1. The monoisotopic (exact) mass is 455 g/mol. The summed E-state index contributed by atoms with van der Waals surface area (Å²) in [7, 11) is 2.08. The third-order valence-electron chi connectivity index (χ3n) is 6.25. The summed E-state index contributed by atoms with van der Waals surface area (Å²) in [4.78, 5) is 22.1. The Labute approximate surface area is 199 Å². The van der Waals surface area contributed by atoms with Crippen LogP contribution in [0.3, 0.4) is 0 Å². The second kappa shape index (κ2) is 9.97. The number of rotatable bonds is 7. The van der Waals surface area contributed by atoms with Crippen molar-refractivity contribution in [2.75, 3.05) is 43.0 Å². The molecule has 1 fully saturated rings. The van der Waals surface area contributed by atoms with Crippen molar-refractivity contribution in [2.45, 2.75) is 6.54 Å². The third kappa shape index (κ3) is 4.89. The van der Waals surface area contributed by atoms with Gasteiger partial charge in [0.1, 0.15) is 11.6 Å². The van der Waals surface area contributed by atoms with Crippen LogP contribution in [0.4, 0.5) is 11.4 Å². The zero-order valence-corrected chi connectivity index (χ0v) is 19.4. The van der Waals surface area contributed by atoms with Crippen LogP contribution >= 0.6 is 0 Å². The largest absolute Gasteiger partial charge is 0.484 e. The molecular formula is C27H29N5O2. The molecule has 4 aromatic rings. The lowest BCUT2D eigenvalue weighted by atomic mass is 10.2. The minimum Gasteiger partial charge on any atom is -0.484 e. The predicted molar refractivity (Wildman–Crippen MR) is 135 cm³/mol. The van der Waals surface area contributed by atoms with Gasteiger partial charge in [0.25, 0.3) is 5.91 Å². The zero-order chi connectivity index (χ0) is 23.3. The molecule has 0 saturated carbocycles. The van der Waals surface area contributed by atoms with E-state index in [4.69, 9.17) is 9.72 Å². The van der Waals surface area contributed by atoms with Crippen molar-refractivity contribution >= 4 is 28.3 Å². The highest BCUT2D eigenvalue weighted by Crippen LogP contribution is 2.27. The molecule has 7 heteroatoms. The van der Waals surface area contributed by atoms with Crippen LogP contribution in [0.25, 0.3) is 11.0 Å². The number of carbonyl (C=O) groups is 1. The molecule has 7 nitrogen and oxygen atoms in total. The van der Waals surface area contributed by atoms with E-state index in [2.05, 4.69) is 51.0 Å². The number of para-hydroxylation sites is 5. The predicted octanol–water partition coefficient (Wildman–Crippen LogP) is 3.91. The van der Waals surface area contributed by atoms with Crippen LogP contribution in [-0.4, -0.2) is 53.1 Å². The number of benzene rings is 3. The first-order chi connectivity index (χ1) is 16.7. The van der Waals surface area contributed by atoms with Crippen molar-refractivity contribution < 1.29 is 9.53 Å². The van der Waals surface area contributed by atoms with E-state index < -0.39 is 0 Å². The summed E-state index contributed by atoms with van der Waals surface area (Å²) in [5.74, 6) is 1.60. The van der Waals surface area contributed by atoms with Gasteiger partial charge in [-0.05, 0) is 36.4 Å². The van der Waals surface area contributed by atoms with Gasteiger partial charge in [0.2, 0.25) is 0 Å². The molecule has 1 aromatic heterocycles. The van der Waals surface area contributed by atoms with Gasteiger partial charge in [0, 0.05) is 33.2 Å². The van der Waals surface area contributed by atoms with E-state index in [0.29, 0.717) is 5.75 Å². The molecule has 1 aliphatic rings. The third-order valence-corrected chi connectivity index (χ3v) is 6.25. The van der Waals surface area contributed by atoms with E-state index in [0.717, 1.165) is 61.0 Å². The number of imidazole rings is 1. The molecule has 1 amide bonds. The standard InChI is InChI=1S/C27H29N5O2/c1-30-24-13-7-5-11-22(24)28-26(30)19-31-15-17-32(18-16-31)25-14-8-6-12-23(25)29-27(33)20-34-21-9-3-2-4-10-21/h2-14H,15-20H2,1H3,(H,29,33). The van der Waals surface area contributed by atoms with Crippen LogP contribution in [0.15, 0.2) is 78.9 Å². The van der Waals surface area contributed by atoms with Crippen LogP contribution < -0.4 is 15.0 Å². The van der Waals surface area contributed by atoms with E-state index in [1.54, 1.807) is 0 Å². The van der Waals surface area contributed by atoms with Gasteiger partial charge in [0.15, 0.2) is 6.61 Å². The Hall–Kier alpha value is -3.84. The summed E-state index contributed by atoms with van der Waals surface area (Å²) in [6, 6.07) is 25.6. The highest BCUT2D eigenvalue weighted by Gasteiger charge is 2.21. The molecule has 0 radical (unpaired) electrons. The SMILES string of the molecule is Cn1c(CN2CCN(c3ccccc3NC(=O)COc3ccccc3)CC2)nc2ccccc21. The maximum atomic E-state index is 12.5. The summed E-state index contributed by atoms with van der Waals surface area (Å²) in [5.41, 5.74) is 4.06. The minimum atomic E-state index is -0.170. The molecular weight excluding hydrogens is 426 g/mol. The summed E-state index contributed by atoms with van der Waals surface area (Å²) in [6.45, 7) is 4.44. The Kier molecular flexibility index (Phi) is 6.44. The summed E-state index contributed by atoms with van der Waals surface area (Å²) in [6.07, 6.45) is 0. The first-order valence-corrected chi connectivity index (χ1v) is 11.6. The molecule has 1 aliphatic heterocycles. The molecule has 0 unspecified atom stereocenters. The maximum Gasteiger partial charge on any atom is 0.262 e. The number of anilines is 2. The summed E-state index contributed by atoms with van der Waals surface area (Å²) >= 11 is 0. The van der Waals surface area contributed by atoms with Crippen molar-refractivity contribution in [2.24, 2.45) is 7.05 Å². The molecule has 0 spiro atoms. The van der Waals surface area contributed by atoms with Gasteiger partial charge in [-0.25, -0.2) is 4.98 Å². The number of aromatic nitrogens is 2. The number of hydrogen-bond acceptors (Lipinski definition) is 5. The molecule has 1 saturated heterocycles. The molecule has 5 rings (SSSR count). The second-order valence-corrected chi connectivity index (χ2v) is 8.51. The molecule has 0 aliphatic carbocycles. The van der Waals surface area contributed by atoms with Gasteiger partial charge in [0.05, 0.1) is 29.0 Å². The Balaban J connectivity index is 1.19. The number of hydrogen-bond donors (Lipinski definition) is 1. The normalized spacial score (nSPS) is 14.3. The zero-order valence-electron chi connectivity index (χ0n) is 19.4. The lowest BCUT2D eigenvalue weighted by Gasteiger charge is -2.36. The number of nitrogens with zero attached hydrogens (tertiary/aromatic N) is 4. The fourth-order valence-corrected chi connectivity index (χ4v) is 4.39. The Morgan fingerprint density at radius 1 is 0.912 bits per heavy atom. The van der Waals surface area contributed by atoms with Crippen molar-refractivity contribution in [1.29, 1.82) is 0 Å².